The maximum Gasteiger partial charge on any atom is 0.573 e. The largest absolute Gasteiger partial charge is 0.573 e. The third-order valence-electron chi connectivity index (χ3n) is 4.93. The summed E-state index contributed by atoms with van der Waals surface area (Å²) in [6, 6.07) is 13.2. The van der Waals surface area contributed by atoms with Crippen LogP contribution in [0.1, 0.15) is 42.7 Å². The fourth-order valence-corrected chi connectivity index (χ4v) is 3.36. The Morgan fingerprint density at radius 1 is 1.21 bits per heavy atom. The lowest BCUT2D eigenvalue weighted by atomic mass is 9.91. The first-order valence-corrected chi connectivity index (χ1v) is 9.29. The fourth-order valence-electron chi connectivity index (χ4n) is 3.36. The van der Waals surface area contributed by atoms with Crippen molar-refractivity contribution in [2.75, 3.05) is 18.4 Å². The van der Waals surface area contributed by atoms with Crippen LogP contribution < -0.4 is 15.4 Å². The third-order valence-corrected chi connectivity index (χ3v) is 4.93. The second-order valence-electron chi connectivity index (χ2n) is 7.00. The molecule has 2 atom stereocenters. The van der Waals surface area contributed by atoms with E-state index in [1.165, 1.54) is 23.8 Å². The summed E-state index contributed by atoms with van der Waals surface area (Å²) in [5.74, 6) is -0.779. The van der Waals surface area contributed by atoms with E-state index in [4.69, 9.17) is 0 Å². The van der Waals surface area contributed by atoms with Crippen molar-refractivity contribution < 1.29 is 22.7 Å². The van der Waals surface area contributed by atoms with Crippen LogP contribution in [0.2, 0.25) is 0 Å². The van der Waals surface area contributed by atoms with Gasteiger partial charge < -0.3 is 15.4 Å². The van der Waals surface area contributed by atoms with Crippen molar-refractivity contribution in [2.45, 2.75) is 38.0 Å². The van der Waals surface area contributed by atoms with Gasteiger partial charge >= 0.3 is 6.36 Å². The number of piperidine rings is 1. The molecule has 0 bridgehead atoms. The van der Waals surface area contributed by atoms with Gasteiger partial charge in [-0.25, -0.2) is 0 Å². The summed E-state index contributed by atoms with van der Waals surface area (Å²) >= 11 is 0. The number of benzene rings is 2. The van der Waals surface area contributed by atoms with Crippen LogP contribution in [0.3, 0.4) is 0 Å². The topological polar surface area (TPSA) is 50.4 Å². The molecule has 2 N–H and O–H groups in total. The zero-order valence-corrected chi connectivity index (χ0v) is 15.6. The molecule has 1 fully saturated rings. The highest BCUT2D eigenvalue weighted by atomic mass is 19.4. The number of amides is 1. The summed E-state index contributed by atoms with van der Waals surface area (Å²) < 4.78 is 41.1. The lowest BCUT2D eigenvalue weighted by Crippen LogP contribution is -2.28. The van der Waals surface area contributed by atoms with Gasteiger partial charge in [0.2, 0.25) is 5.91 Å². The van der Waals surface area contributed by atoms with Gasteiger partial charge in [0.05, 0.1) is 5.92 Å². The fraction of sp³-hybridized carbons (Fsp3) is 0.381. The van der Waals surface area contributed by atoms with Gasteiger partial charge in [-0.2, -0.15) is 0 Å². The Morgan fingerprint density at radius 3 is 2.61 bits per heavy atom. The van der Waals surface area contributed by atoms with Gasteiger partial charge in [-0.1, -0.05) is 24.3 Å². The minimum absolute atomic E-state index is 0.295. The van der Waals surface area contributed by atoms with Gasteiger partial charge in [-0.05, 0) is 67.6 Å². The monoisotopic (exact) mass is 392 g/mol. The van der Waals surface area contributed by atoms with Gasteiger partial charge in [0.1, 0.15) is 5.75 Å². The maximum atomic E-state index is 12.5. The number of carbonyl (C=O) groups is 1. The van der Waals surface area contributed by atoms with Crippen LogP contribution in [-0.4, -0.2) is 25.4 Å². The van der Waals surface area contributed by atoms with Crippen LogP contribution in [0.4, 0.5) is 18.9 Å². The standard InChI is InChI=1S/C21H23F3N2O2/c1-14(16-4-2-6-19(12-16)28-21(22,23)24)20(27)26-18-9-7-15(8-10-18)17-5-3-11-25-13-17/h2,4,6-10,12,14,17,25H,3,5,11,13H2,1H3,(H,26,27)/t14-,17?/m0/s1. The molecule has 2 aromatic carbocycles. The molecule has 1 saturated heterocycles. The van der Waals surface area contributed by atoms with Crippen molar-refractivity contribution in [2.24, 2.45) is 0 Å². The van der Waals surface area contributed by atoms with Crippen LogP contribution in [0, 0.1) is 0 Å². The normalized spacial score (nSPS) is 18.4. The van der Waals surface area contributed by atoms with Crippen LogP contribution >= 0.6 is 0 Å². The van der Waals surface area contributed by atoms with Gasteiger partial charge in [-0.3, -0.25) is 4.79 Å². The molecule has 7 heteroatoms. The molecule has 2 aromatic rings. The molecule has 1 aliphatic heterocycles. The Hall–Kier alpha value is -2.54. The highest BCUT2D eigenvalue weighted by Crippen LogP contribution is 2.28. The maximum absolute atomic E-state index is 12.5. The second kappa shape index (κ2) is 8.65. The van der Waals surface area contributed by atoms with Crippen LogP contribution in [-0.2, 0) is 4.79 Å². The number of rotatable bonds is 5. The van der Waals surface area contributed by atoms with E-state index in [9.17, 15) is 18.0 Å². The van der Waals surface area contributed by atoms with Crippen molar-refractivity contribution in [3.8, 4) is 5.75 Å². The quantitative estimate of drug-likeness (QED) is 0.769. The van der Waals surface area contributed by atoms with Gasteiger partial charge in [0, 0.05) is 12.2 Å². The summed E-state index contributed by atoms with van der Waals surface area (Å²) in [6.45, 7) is 3.65. The minimum atomic E-state index is -4.76. The Kier molecular flexibility index (Phi) is 6.24. The van der Waals surface area contributed by atoms with Crippen molar-refractivity contribution in [1.82, 2.24) is 5.32 Å². The van der Waals surface area contributed by atoms with E-state index in [1.807, 2.05) is 24.3 Å². The molecule has 1 amide bonds. The first-order valence-electron chi connectivity index (χ1n) is 9.29. The van der Waals surface area contributed by atoms with Crippen LogP contribution in [0.25, 0.3) is 0 Å². The average molecular weight is 392 g/mol. The molecule has 1 unspecified atom stereocenters. The molecule has 1 heterocycles. The van der Waals surface area contributed by atoms with Gasteiger partial charge in [-0.15, -0.1) is 13.2 Å². The van der Waals surface area contributed by atoms with E-state index in [1.54, 1.807) is 13.0 Å². The zero-order valence-electron chi connectivity index (χ0n) is 15.6. The Balaban J connectivity index is 1.63. The number of nitrogens with one attached hydrogen (secondary N) is 2. The predicted molar refractivity (Wildman–Crippen MR) is 101 cm³/mol. The molecule has 28 heavy (non-hydrogen) atoms. The Bertz CT molecular complexity index is 800. The summed E-state index contributed by atoms with van der Waals surface area (Å²) in [7, 11) is 0. The lowest BCUT2D eigenvalue weighted by Gasteiger charge is -2.23. The molecular weight excluding hydrogens is 369 g/mol. The van der Waals surface area contributed by atoms with Crippen molar-refractivity contribution >= 4 is 11.6 Å². The summed E-state index contributed by atoms with van der Waals surface area (Å²) in [6.07, 6.45) is -2.47. The number of halogens is 3. The Labute approximate surface area is 162 Å². The summed E-state index contributed by atoms with van der Waals surface area (Å²) in [5.41, 5.74) is 2.34. The van der Waals surface area contributed by atoms with E-state index in [0.29, 0.717) is 17.2 Å². The third kappa shape index (κ3) is 5.48. The highest BCUT2D eigenvalue weighted by molar-refractivity contribution is 5.95. The smallest absolute Gasteiger partial charge is 0.406 e. The van der Waals surface area contributed by atoms with E-state index >= 15 is 0 Å². The average Bonchev–Trinajstić information content (AvgIpc) is 2.67. The van der Waals surface area contributed by atoms with E-state index < -0.39 is 12.3 Å². The minimum Gasteiger partial charge on any atom is -0.406 e. The molecule has 4 nitrogen and oxygen atoms in total. The summed E-state index contributed by atoms with van der Waals surface area (Å²) in [4.78, 5) is 12.5. The van der Waals surface area contributed by atoms with E-state index in [-0.39, 0.29) is 11.7 Å². The molecule has 0 saturated carbocycles. The number of alkyl halides is 3. The molecule has 1 aliphatic rings. The molecule has 0 radical (unpaired) electrons. The lowest BCUT2D eigenvalue weighted by molar-refractivity contribution is -0.274. The Morgan fingerprint density at radius 2 is 1.96 bits per heavy atom. The molecular formula is C21H23F3N2O2. The van der Waals surface area contributed by atoms with E-state index in [2.05, 4.69) is 15.4 Å². The van der Waals surface area contributed by atoms with Crippen LogP contribution in [0.15, 0.2) is 48.5 Å². The second-order valence-corrected chi connectivity index (χ2v) is 7.00. The number of hydrogen-bond donors (Lipinski definition) is 2. The van der Waals surface area contributed by atoms with Gasteiger partial charge in [0.15, 0.2) is 0 Å². The van der Waals surface area contributed by atoms with Crippen molar-refractivity contribution in [3.05, 3.63) is 59.7 Å². The molecule has 0 aliphatic carbocycles. The van der Waals surface area contributed by atoms with Crippen molar-refractivity contribution in [3.63, 3.8) is 0 Å². The number of hydrogen-bond acceptors (Lipinski definition) is 3. The highest BCUT2D eigenvalue weighted by Gasteiger charge is 2.31. The zero-order chi connectivity index (χ0) is 20.1. The first-order chi connectivity index (χ1) is 13.3. The number of carbonyl (C=O) groups excluding carboxylic acids is 1. The number of anilines is 1. The molecule has 3 rings (SSSR count). The first kappa shape index (κ1) is 20.2. The van der Waals surface area contributed by atoms with Crippen LogP contribution in [0.5, 0.6) is 5.75 Å². The molecule has 0 spiro atoms. The molecule has 150 valence electrons. The summed E-state index contributed by atoms with van der Waals surface area (Å²) in [5, 5.41) is 6.20. The van der Waals surface area contributed by atoms with Gasteiger partial charge in [0.25, 0.3) is 0 Å². The predicted octanol–water partition coefficient (Wildman–Crippen LogP) is 4.79. The SMILES string of the molecule is C[C@H](C(=O)Nc1ccc(C2CCCNC2)cc1)c1cccc(OC(F)(F)F)c1. The van der Waals surface area contributed by atoms with E-state index in [0.717, 1.165) is 25.9 Å². The van der Waals surface area contributed by atoms with Crippen molar-refractivity contribution in [1.29, 1.82) is 0 Å². The molecule has 0 aromatic heterocycles. The number of ether oxygens (including phenoxy) is 1.